The standard InChI is InChI=1S/C30H34FN3O4S/c1-2-32-30(36)29(25-8-4-3-5-9-25)34(22-24-10-15-26(31)16-11-24)28(35)19-14-23-12-17-27(18-13-23)39(37,38)33-20-6-7-21-33/h3-5,8-13,15-18,29H,2,6-7,14,19-22H2,1H3,(H,32,36)/t29-/m1/s1. The lowest BCUT2D eigenvalue weighted by molar-refractivity contribution is -0.141. The number of likely N-dealkylation sites (N-methyl/N-ethyl adjacent to an activating group) is 1. The van der Waals surface area contributed by atoms with Crippen molar-refractivity contribution in [1.82, 2.24) is 14.5 Å². The van der Waals surface area contributed by atoms with Crippen molar-refractivity contribution in [2.45, 2.75) is 50.1 Å². The van der Waals surface area contributed by atoms with Gasteiger partial charge in [-0.15, -0.1) is 0 Å². The Morgan fingerprint density at radius 2 is 1.54 bits per heavy atom. The van der Waals surface area contributed by atoms with Gasteiger partial charge in [-0.1, -0.05) is 54.6 Å². The summed E-state index contributed by atoms with van der Waals surface area (Å²) in [5, 5.41) is 2.84. The van der Waals surface area contributed by atoms with Gasteiger partial charge >= 0.3 is 0 Å². The van der Waals surface area contributed by atoms with Gasteiger partial charge in [0.15, 0.2) is 0 Å². The van der Waals surface area contributed by atoms with Crippen LogP contribution in [0.2, 0.25) is 0 Å². The minimum absolute atomic E-state index is 0.113. The van der Waals surface area contributed by atoms with E-state index >= 15 is 0 Å². The van der Waals surface area contributed by atoms with Crippen LogP contribution in [0.1, 0.15) is 48.9 Å². The molecular weight excluding hydrogens is 517 g/mol. The van der Waals surface area contributed by atoms with Crippen LogP contribution in [0, 0.1) is 5.82 Å². The summed E-state index contributed by atoms with van der Waals surface area (Å²) in [6.45, 7) is 3.43. The molecular formula is C30H34FN3O4S. The summed E-state index contributed by atoms with van der Waals surface area (Å²) < 4.78 is 40.7. The van der Waals surface area contributed by atoms with E-state index in [2.05, 4.69) is 5.32 Å². The Morgan fingerprint density at radius 3 is 2.15 bits per heavy atom. The highest BCUT2D eigenvalue weighted by molar-refractivity contribution is 7.89. The Kier molecular flexibility index (Phi) is 9.48. The van der Waals surface area contributed by atoms with Crippen LogP contribution in [0.5, 0.6) is 0 Å². The maximum absolute atomic E-state index is 13.7. The van der Waals surface area contributed by atoms with Crippen LogP contribution in [-0.4, -0.2) is 49.1 Å². The molecule has 0 unspecified atom stereocenters. The summed E-state index contributed by atoms with van der Waals surface area (Å²) in [6, 6.07) is 20.8. The van der Waals surface area contributed by atoms with Crippen molar-refractivity contribution < 1.29 is 22.4 Å². The quantitative estimate of drug-likeness (QED) is 0.382. The molecule has 3 aromatic rings. The van der Waals surface area contributed by atoms with E-state index in [9.17, 15) is 22.4 Å². The number of halogens is 1. The number of hydrogen-bond donors (Lipinski definition) is 1. The molecule has 206 valence electrons. The Labute approximate surface area is 229 Å². The lowest BCUT2D eigenvalue weighted by atomic mass is 10.0. The van der Waals surface area contributed by atoms with Gasteiger partial charge in [0, 0.05) is 32.6 Å². The maximum atomic E-state index is 13.7. The largest absolute Gasteiger partial charge is 0.354 e. The van der Waals surface area contributed by atoms with Gasteiger partial charge in [0.2, 0.25) is 21.8 Å². The van der Waals surface area contributed by atoms with E-state index < -0.39 is 16.1 Å². The number of hydrogen-bond acceptors (Lipinski definition) is 4. The minimum Gasteiger partial charge on any atom is -0.354 e. The van der Waals surface area contributed by atoms with Crippen LogP contribution >= 0.6 is 0 Å². The molecule has 1 heterocycles. The van der Waals surface area contributed by atoms with Gasteiger partial charge in [0.05, 0.1) is 4.90 Å². The molecule has 9 heteroatoms. The van der Waals surface area contributed by atoms with E-state index in [1.165, 1.54) is 21.3 Å². The SMILES string of the molecule is CCNC(=O)[C@@H](c1ccccc1)N(Cc1ccc(F)cc1)C(=O)CCc1ccc(S(=O)(=O)N2CCCC2)cc1. The molecule has 1 atom stereocenters. The van der Waals surface area contributed by atoms with Gasteiger partial charge < -0.3 is 10.2 Å². The molecule has 0 spiro atoms. The number of rotatable bonds is 11. The van der Waals surface area contributed by atoms with Crippen LogP contribution in [0.4, 0.5) is 4.39 Å². The first-order chi connectivity index (χ1) is 18.8. The van der Waals surface area contributed by atoms with E-state index in [1.807, 2.05) is 37.3 Å². The average Bonchev–Trinajstić information content (AvgIpc) is 3.50. The first kappa shape index (κ1) is 28.4. The van der Waals surface area contributed by atoms with Gasteiger partial charge in [-0.25, -0.2) is 12.8 Å². The number of nitrogens with one attached hydrogen (secondary N) is 1. The van der Waals surface area contributed by atoms with Crippen molar-refractivity contribution in [2.24, 2.45) is 0 Å². The molecule has 1 fully saturated rings. The lowest BCUT2D eigenvalue weighted by Crippen LogP contribution is -2.43. The second-order valence-corrected chi connectivity index (χ2v) is 11.5. The number of carbonyl (C=O) groups is 2. The predicted molar refractivity (Wildman–Crippen MR) is 148 cm³/mol. The first-order valence-electron chi connectivity index (χ1n) is 13.2. The Morgan fingerprint density at radius 1 is 0.923 bits per heavy atom. The Bertz CT molecular complexity index is 1360. The van der Waals surface area contributed by atoms with E-state index in [0.717, 1.165) is 18.4 Å². The summed E-state index contributed by atoms with van der Waals surface area (Å²) in [6.07, 6.45) is 2.23. The van der Waals surface area contributed by atoms with Crippen molar-refractivity contribution in [3.63, 3.8) is 0 Å². The fraction of sp³-hybridized carbons (Fsp3) is 0.333. The van der Waals surface area contributed by atoms with Crippen LogP contribution in [0.15, 0.2) is 83.8 Å². The monoisotopic (exact) mass is 551 g/mol. The summed E-state index contributed by atoms with van der Waals surface area (Å²) in [7, 11) is -3.51. The third kappa shape index (κ3) is 7.10. The Hall–Kier alpha value is -3.56. The van der Waals surface area contributed by atoms with Gasteiger partial charge in [-0.05, 0) is 67.1 Å². The minimum atomic E-state index is -3.51. The highest BCUT2D eigenvalue weighted by Crippen LogP contribution is 2.26. The maximum Gasteiger partial charge on any atom is 0.247 e. The van der Waals surface area contributed by atoms with Gasteiger partial charge in [-0.2, -0.15) is 4.31 Å². The van der Waals surface area contributed by atoms with Gasteiger partial charge in [0.25, 0.3) is 0 Å². The second-order valence-electron chi connectivity index (χ2n) is 9.61. The highest BCUT2D eigenvalue weighted by Gasteiger charge is 2.31. The zero-order valence-corrected chi connectivity index (χ0v) is 22.9. The number of sulfonamides is 1. The molecule has 0 bridgehead atoms. The number of benzene rings is 3. The summed E-state index contributed by atoms with van der Waals surface area (Å²) in [4.78, 5) is 28.7. The van der Waals surface area contributed by atoms with Crippen molar-refractivity contribution in [2.75, 3.05) is 19.6 Å². The lowest BCUT2D eigenvalue weighted by Gasteiger charge is -2.31. The van der Waals surface area contributed by atoms with E-state index in [4.69, 9.17) is 0 Å². The Balaban J connectivity index is 1.55. The second kappa shape index (κ2) is 13.0. The molecule has 0 saturated carbocycles. The van der Waals surface area contributed by atoms with Crippen molar-refractivity contribution in [3.05, 3.63) is 101 Å². The smallest absolute Gasteiger partial charge is 0.247 e. The number of amides is 2. The molecule has 1 N–H and O–H groups in total. The van der Waals surface area contributed by atoms with E-state index in [1.54, 1.807) is 36.4 Å². The summed E-state index contributed by atoms with van der Waals surface area (Å²) in [5.74, 6) is -0.918. The van der Waals surface area contributed by atoms with Gasteiger partial charge in [-0.3, -0.25) is 9.59 Å². The average molecular weight is 552 g/mol. The molecule has 2 amide bonds. The molecule has 0 radical (unpaired) electrons. The van der Waals surface area contributed by atoms with Crippen LogP contribution < -0.4 is 5.32 Å². The first-order valence-corrected chi connectivity index (χ1v) is 14.7. The van der Waals surface area contributed by atoms with Crippen LogP contribution in [0.25, 0.3) is 0 Å². The normalized spacial score (nSPS) is 14.6. The molecule has 1 aliphatic heterocycles. The van der Waals surface area contributed by atoms with Crippen molar-refractivity contribution in [3.8, 4) is 0 Å². The van der Waals surface area contributed by atoms with E-state index in [0.29, 0.717) is 37.2 Å². The molecule has 39 heavy (non-hydrogen) atoms. The fourth-order valence-electron chi connectivity index (χ4n) is 4.79. The van der Waals surface area contributed by atoms with Crippen molar-refractivity contribution >= 4 is 21.8 Å². The van der Waals surface area contributed by atoms with Crippen LogP contribution in [-0.2, 0) is 32.6 Å². The molecule has 0 aromatic heterocycles. The molecule has 1 aliphatic rings. The number of nitrogens with zero attached hydrogens (tertiary/aromatic N) is 2. The third-order valence-electron chi connectivity index (χ3n) is 6.87. The van der Waals surface area contributed by atoms with Gasteiger partial charge in [0.1, 0.15) is 11.9 Å². The zero-order chi connectivity index (χ0) is 27.8. The van der Waals surface area contributed by atoms with E-state index in [-0.39, 0.29) is 35.5 Å². The predicted octanol–water partition coefficient (Wildman–Crippen LogP) is 4.45. The summed E-state index contributed by atoms with van der Waals surface area (Å²) >= 11 is 0. The third-order valence-corrected chi connectivity index (χ3v) is 8.78. The summed E-state index contributed by atoms with van der Waals surface area (Å²) in [5.41, 5.74) is 2.20. The van der Waals surface area contributed by atoms with Crippen molar-refractivity contribution in [1.29, 1.82) is 0 Å². The van der Waals surface area contributed by atoms with Crippen LogP contribution in [0.3, 0.4) is 0 Å². The number of carbonyl (C=O) groups excluding carboxylic acids is 2. The molecule has 0 aliphatic carbocycles. The zero-order valence-electron chi connectivity index (χ0n) is 22.1. The highest BCUT2D eigenvalue weighted by atomic mass is 32.2. The molecule has 4 rings (SSSR count). The molecule has 1 saturated heterocycles. The number of aryl methyl sites for hydroxylation is 1. The fourth-order valence-corrected chi connectivity index (χ4v) is 6.31. The molecule has 7 nitrogen and oxygen atoms in total. The molecule has 3 aromatic carbocycles. The topological polar surface area (TPSA) is 86.8 Å².